The van der Waals surface area contributed by atoms with E-state index in [0.29, 0.717) is 17.2 Å². The minimum atomic E-state index is -0.730. The van der Waals surface area contributed by atoms with Crippen LogP contribution in [0.3, 0.4) is 0 Å². The molecule has 0 aliphatic rings. The second-order valence-corrected chi connectivity index (χ2v) is 9.71. The monoisotopic (exact) mass is 588 g/mol. The van der Waals surface area contributed by atoms with Gasteiger partial charge in [-0.25, -0.2) is 43.0 Å². The predicted octanol–water partition coefficient (Wildman–Crippen LogP) is 5.77. The second-order valence-electron chi connectivity index (χ2n) is 9.71. The van der Waals surface area contributed by atoms with Gasteiger partial charge in [0.05, 0.1) is 0 Å². The van der Waals surface area contributed by atoms with Crippen molar-refractivity contribution in [3.8, 4) is 17.2 Å². The molecule has 0 saturated heterocycles. The molecule has 0 radical (unpaired) electrons. The lowest BCUT2D eigenvalue weighted by Gasteiger charge is -2.32. The number of carbonyl (C=O) groups excluding carboxylic acids is 3. The summed E-state index contributed by atoms with van der Waals surface area (Å²) in [5.41, 5.74) is 1.91. The smallest absolute Gasteiger partial charge is 0.410 e. The quantitative estimate of drug-likeness (QED) is 0.222. The largest absolute Gasteiger partial charge is 0.424 e. The van der Waals surface area contributed by atoms with E-state index in [0.717, 1.165) is 16.7 Å². The minimum absolute atomic E-state index is 0.360. The summed E-state index contributed by atoms with van der Waals surface area (Å²) in [5, 5.41) is 0. The molecule has 0 saturated carbocycles. The van der Waals surface area contributed by atoms with Crippen molar-refractivity contribution in [1.29, 1.82) is 0 Å². The van der Waals surface area contributed by atoms with E-state index < -0.39 is 23.7 Å². The van der Waals surface area contributed by atoms with Crippen molar-refractivity contribution < 1.29 is 28.6 Å². The molecule has 0 N–H and O–H groups in total. The van der Waals surface area contributed by atoms with Crippen molar-refractivity contribution in [2.24, 2.45) is 0 Å². The highest BCUT2D eigenvalue weighted by molar-refractivity contribution is 5.74. The van der Waals surface area contributed by atoms with E-state index in [1.165, 1.54) is 69.9 Å². The van der Waals surface area contributed by atoms with E-state index in [2.05, 4.69) is 15.0 Å². The Bertz CT molecular complexity index is 1640. The molecule has 0 fully saturated rings. The van der Waals surface area contributed by atoms with Crippen LogP contribution in [0, 0.1) is 0 Å². The van der Waals surface area contributed by atoms with Gasteiger partial charge >= 0.3 is 18.3 Å². The molecule has 0 spiro atoms. The number of ether oxygens (including phenoxy) is 3. The fourth-order valence-electron chi connectivity index (χ4n) is 4.63. The highest BCUT2D eigenvalue weighted by Gasteiger charge is 2.32. The van der Waals surface area contributed by atoms with E-state index in [4.69, 9.17) is 14.2 Å². The molecular weight excluding hydrogens is 564 g/mol. The summed E-state index contributed by atoms with van der Waals surface area (Å²) in [5.74, 6) is 1.08. The van der Waals surface area contributed by atoms with Gasteiger partial charge in [0.15, 0.2) is 0 Å². The summed E-state index contributed by atoms with van der Waals surface area (Å²) in [6.07, 6.45) is 11.3. The van der Waals surface area contributed by atoms with E-state index >= 15 is 0 Å². The lowest BCUT2D eigenvalue weighted by molar-refractivity contribution is 0.201. The summed E-state index contributed by atoms with van der Waals surface area (Å²) >= 11 is 0. The van der Waals surface area contributed by atoms with Crippen molar-refractivity contribution in [3.05, 3.63) is 146 Å². The van der Waals surface area contributed by atoms with Crippen LogP contribution in [-0.2, 0) is 5.41 Å². The Kier molecular flexibility index (Phi) is 7.53. The van der Waals surface area contributed by atoms with Gasteiger partial charge in [0.2, 0.25) is 0 Å². The molecule has 0 amide bonds. The Hall–Kier alpha value is -6.30. The van der Waals surface area contributed by atoms with Crippen LogP contribution in [-0.4, -0.2) is 46.9 Å². The van der Waals surface area contributed by atoms with E-state index in [-0.39, 0.29) is 0 Å². The molecule has 0 atom stereocenters. The summed E-state index contributed by atoms with van der Waals surface area (Å²) in [6.45, 7) is 2.04. The molecule has 0 aliphatic heterocycles. The van der Waals surface area contributed by atoms with Crippen molar-refractivity contribution >= 4 is 18.3 Å². The zero-order chi connectivity index (χ0) is 30.5. The van der Waals surface area contributed by atoms with Gasteiger partial charge < -0.3 is 14.2 Å². The molecule has 3 heterocycles. The topological polar surface area (TPSA) is 132 Å². The number of aromatic nitrogens is 6. The fourth-order valence-corrected chi connectivity index (χ4v) is 4.63. The van der Waals surface area contributed by atoms with Crippen LogP contribution >= 0.6 is 0 Å². The Morgan fingerprint density at radius 1 is 0.500 bits per heavy atom. The molecule has 0 aliphatic carbocycles. The Labute approximate surface area is 250 Å². The number of rotatable bonds is 6. The molecule has 6 aromatic rings. The average molecular weight is 589 g/mol. The first-order valence-electron chi connectivity index (χ1n) is 13.3. The van der Waals surface area contributed by atoms with Crippen molar-refractivity contribution in [2.75, 3.05) is 0 Å². The van der Waals surface area contributed by atoms with E-state index in [1.54, 1.807) is 36.4 Å². The number of nitrogens with zero attached hydrogens (tertiary/aromatic N) is 6. The highest BCUT2D eigenvalue weighted by Crippen LogP contribution is 2.40. The summed E-state index contributed by atoms with van der Waals surface area (Å²) < 4.78 is 20.1. The Morgan fingerprint density at radius 3 is 1.00 bits per heavy atom. The molecule has 12 heteroatoms. The Balaban J connectivity index is 1.30. The highest BCUT2D eigenvalue weighted by atomic mass is 16.6. The van der Waals surface area contributed by atoms with Crippen LogP contribution in [0.5, 0.6) is 17.2 Å². The third kappa shape index (κ3) is 5.72. The first kappa shape index (κ1) is 27.8. The molecule has 44 heavy (non-hydrogen) atoms. The normalized spacial score (nSPS) is 11.1. The second kappa shape index (κ2) is 11.9. The minimum Gasteiger partial charge on any atom is -0.410 e. The third-order valence-electron chi connectivity index (χ3n) is 7.06. The average Bonchev–Trinajstić information content (AvgIpc) is 3.86. The van der Waals surface area contributed by atoms with Gasteiger partial charge in [0.25, 0.3) is 0 Å². The SMILES string of the molecule is CC(c1ccc(OC(=O)n2ccnc2)cc1)(c1ccc(OC(=O)n2ccnc2)cc1)c1ccc(OC(=O)n2ccnc2)cc1. The van der Waals surface area contributed by atoms with Gasteiger partial charge in [0.1, 0.15) is 36.2 Å². The Morgan fingerprint density at radius 2 is 0.773 bits per heavy atom. The summed E-state index contributed by atoms with van der Waals surface area (Å²) in [4.78, 5) is 48.8. The molecule has 6 rings (SSSR count). The first-order valence-corrected chi connectivity index (χ1v) is 13.3. The zero-order valence-electron chi connectivity index (χ0n) is 23.3. The van der Waals surface area contributed by atoms with Gasteiger partial charge in [-0.1, -0.05) is 36.4 Å². The third-order valence-corrected chi connectivity index (χ3v) is 7.06. The van der Waals surface area contributed by atoms with Gasteiger partial charge in [0, 0.05) is 42.6 Å². The molecule has 0 bridgehead atoms. The number of imidazole rings is 3. The van der Waals surface area contributed by atoms with Crippen molar-refractivity contribution in [3.63, 3.8) is 0 Å². The maximum atomic E-state index is 12.4. The van der Waals surface area contributed by atoms with Crippen LogP contribution in [0.1, 0.15) is 23.6 Å². The van der Waals surface area contributed by atoms with Crippen LogP contribution in [0.25, 0.3) is 0 Å². The van der Waals surface area contributed by atoms with Gasteiger partial charge in [-0.05, 0) is 60.0 Å². The van der Waals surface area contributed by atoms with E-state index in [1.807, 2.05) is 43.3 Å². The van der Waals surface area contributed by atoms with Gasteiger partial charge in [-0.3, -0.25) is 0 Å². The fraction of sp³-hybridized carbons (Fsp3) is 0.0625. The molecule has 218 valence electrons. The van der Waals surface area contributed by atoms with Crippen LogP contribution in [0.2, 0.25) is 0 Å². The maximum Gasteiger partial charge on any atom is 0.424 e. The summed E-state index contributed by atoms with van der Waals surface area (Å²) in [6, 6.07) is 21.5. The van der Waals surface area contributed by atoms with Crippen LogP contribution in [0.4, 0.5) is 14.4 Å². The number of carbonyl (C=O) groups is 3. The zero-order valence-corrected chi connectivity index (χ0v) is 23.3. The van der Waals surface area contributed by atoms with Crippen LogP contribution in [0.15, 0.2) is 129 Å². The molecule has 3 aromatic carbocycles. The molecular formula is C32H24N6O6. The summed E-state index contributed by atoms with van der Waals surface area (Å²) in [7, 11) is 0. The van der Waals surface area contributed by atoms with Gasteiger partial charge in [-0.2, -0.15) is 0 Å². The molecule has 3 aromatic heterocycles. The van der Waals surface area contributed by atoms with Crippen molar-refractivity contribution in [1.82, 2.24) is 28.7 Å². The number of hydrogen-bond donors (Lipinski definition) is 0. The van der Waals surface area contributed by atoms with E-state index in [9.17, 15) is 14.4 Å². The van der Waals surface area contributed by atoms with Crippen molar-refractivity contribution in [2.45, 2.75) is 12.3 Å². The van der Waals surface area contributed by atoms with Gasteiger partial charge in [-0.15, -0.1) is 0 Å². The lowest BCUT2D eigenvalue weighted by atomic mass is 9.71. The van der Waals surface area contributed by atoms with Crippen LogP contribution < -0.4 is 14.2 Å². The lowest BCUT2D eigenvalue weighted by Crippen LogP contribution is -2.25. The molecule has 0 unspecified atom stereocenters. The standard InChI is InChI=1S/C32H24N6O6/c1-32(23-2-8-26(9-3-23)42-29(39)36-17-14-33-20-36,24-4-10-27(11-5-24)43-30(40)37-18-15-34-21-37)25-6-12-28(13-7-25)44-31(41)38-19-16-35-22-38/h2-22H,1H3. The molecule has 12 nitrogen and oxygen atoms in total. The predicted molar refractivity (Wildman–Crippen MR) is 156 cm³/mol. The number of benzene rings is 3. The first-order chi connectivity index (χ1) is 21.4. The number of hydrogen-bond acceptors (Lipinski definition) is 9. The maximum absolute atomic E-state index is 12.4.